The standard InChI is InChI=1S/C15H25N3O2S/c1-12-6-7-13(10-14(12)16)21(19,20)18(4)11-15(17(2)3)8-5-9-15/h6-7,10H,5,8-9,11,16H2,1-4H3. The Hall–Kier alpha value is -1.11. The summed E-state index contributed by atoms with van der Waals surface area (Å²) < 4.78 is 26.8. The zero-order chi connectivity index (χ0) is 15.8. The fourth-order valence-corrected chi connectivity index (χ4v) is 4.08. The molecule has 6 heteroatoms. The Morgan fingerprint density at radius 1 is 1.24 bits per heavy atom. The van der Waals surface area contributed by atoms with Crippen molar-refractivity contribution in [2.75, 3.05) is 33.4 Å². The number of nitrogens with two attached hydrogens (primary N) is 1. The first-order chi connectivity index (χ1) is 9.69. The van der Waals surface area contributed by atoms with Crippen LogP contribution in [0.15, 0.2) is 23.1 Å². The van der Waals surface area contributed by atoms with E-state index in [1.165, 1.54) is 4.31 Å². The van der Waals surface area contributed by atoms with E-state index < -0.39 is 10.0 Å². The average molecular weight is 311 g/mol. The highest BCUT2D eigenvalue weighted by atomic mass is 32.2. The summed E-state index contributed by atoms with van der Waals surface area (Å²) in [6.45, 7) is 2.38. The predicted molar refractivity (Wildman–Crippen MR) is 85.7 cm³/mol. The normalized spacial score (nSPS) is 18.0. The van der Waals surface area contributed by atoms with Gasteiger partial charge in [0.2, 0.25) is 10.0 Å². The summed E-state index contributed by atoms with van der Waals surface area (Å²) in [4.78, 5) is 2.41. The summed E-state index contributed by atoms with van der Waals surface area (Å²) in [7, 11) is 2.19. The van der Waals surface area contributed by atoms with Gasteiger partial charge in [0.25, 0.3) is 0 Å². The van der Waals surface area contributed by atoms with Crippen molar-refractivity contribution in [1.82, 2.24) is 9.21 Å². The number of hydrogen-bond donors (Lipinski definition) is 1. The number of likely N-dealkylation sites (N-methyl/N-ethyl adjacent to an activating group) is 2. The fourth-order valence-electron chi connectivity index (χ4n) is 2.79. The van der Waals surface area contributed by atoms with Gasteiger partial charge in [0, 0.05) is 24.8 Å². The minimum atomic E-state index is -3.49. The quantitative estimate of drug-likeness (QED) is 0.840. The average Bonchev–Trinajstić information content (AvgIpc) is 2.36. The summed E-state index contributed by atoms with van der Waals surface area (Å²) >= 11 is 0. The van der Waals surface area contributed by atoms with Gasteiger partial charge in [0.15, 0.2) is 0 Å². The number of aryl methyl sites for hydroxylation is 1. The molecule has 0 heterocycles. The molecule has 5 nitrogen and oxygen atoms in total. The Bertz CT molecular complexity index is 622. The van der Waals surface area contributed by atoms with Crippen LogP contribution in [0.2, 0.25) is 0 Å². The molecule has 1 aliphatic rings. The highest BCUT2D eigenvalue weighted by Gasteiger charge is 2.42. The van der Waals surface area contributed by atoms with Crippen molar-refractivity contribution in [3.63, 3.8) is 0 Å². The summed E-state index contributed by atoms with van der Waals surface area (Å²) in [6, 6.07) is 4.92. The van der Waals surface area contributed by atoms with E-state index >= 15 is 0 Å². The Labute approximate surface area is 127 Å². The highest BCUT2D eigenvalue weighted by molar-refractivity contribution is 7.89. The van der Waals surface area contributed by atoms with Gasteiger partial charge in [-0.3, -0.25) is 0 Å². The summed E-state index contributed by atoms with van der Waals surface area (Å²) in [5.41, 5.74) is 7.21. The van der Waals surface area contributed by atoms with Crippen LogP contribution < -0.4 is 5.73 Å². The molecule has 0 amide bonds. The first-order valence-corrected chi connectivity index (χ1v) is 8.63. The lowest BCUT2D eigenvalue weighted by Crippen LogP contribution is -2.57. The second kappa shape index (κ2) is 5.59. The van der Waals surface area contributed by atoms with Crippen LogP contribution in [0, 0.1) is 6.92 Å². The molecule has 21 heavy (non-hydrogen) atoms. The number of nitrogen functional groups attached to an aromatic ring is 1. The third kappa shape index (κ3) is 2.93. The van der Waals surface area contributed by atoms with Gasteiger partial charge in [-0.25, -0.2) is 8.42 Å². The molecular weight excluding hydrogens is 286 g/mol. The van der Waals surface area contributed by atoms with Gasteiger partial charge >= 0.3 is 0 Å². The molecule has 2 N–H and O–H groups in total. The monoisotopic (exact) mass is 311 g/mol. The van der Waals surface area contributed by atoms with Crippen LogP contribution >= 0.6 is 0 Å². The first kappa shape index (κ1) is 16.3. The van der Waals surface area contributed by atoms with E-state index in [1.807, 2.05) is 21.0 Å². The van der Waals surface area contributed by atoms with Crippen molar-refractivity contribution in [3.8, 4) is 0 Å². The number of sulfonamides is 1. The van der Waals surface area contributed by atoms with E-state index in [9.17, 15) is 8.42 Å². The zero-order valence-corrected chi connectivity index (χ0v) is 14.1. The van der Waals surface area contributed by atoms with Gasteiger partial charge in [0.05, 0.1) is 4.90 Å². The molecule has 0 aliphatic heterocycles. The van der Waals surface area contributed by atoms with Crippen LogP contribution in [0.1, 0.15) is 24.8 Å². The molecule has 1 fully saturated rings. The van der Waals surface area contributed by atoms with Crippen LogP contribution in [0.4, 0.5) is 5.69 Å². The van der Waals surface area contributed by atoms with Crippen molar-refractivity contribution in [2.45, 2.75) is 36.6 Å². The molecule has 1 aromatic carbocycles. The maximum absolute atomic E-state index is 12.7. The van der Waals surface area contributed by atoms with E-state index in [-0.39, 0.29) is 10.4 Å². The molecule has 0 unspecified atom stereocenters. The Morgan fingerprint density at radius 3 is 2.29 bits per heavy atom. The van der Waals surface area contributed by atoms with Crippen LogP contribution in [-0.2, 0) is 10.0 Å². The van der Waals surface area contributed by atoms with Crippen LogP contribution in [0.5, 0.6) is 0 Å². The third-order valence-electron chi connectivity index (χ3n) is 4.71. The minimum Gasteiger partial charge on any atom is -0.398 e. The summed E-state index contributed by atoms with van der Waals surface area (Å²) in [5.74, 6) is 0. The van der Waals surface area contributed by atoms with Gasteiger partial charge in [-0.1, -0.05) is 6.07 Å². The third-order valence-corrected chi connectivity index (χ3v) is 6.51. The van der Waals surface area contributed by atoms with Crippen molar-refractivity contribution >= 4 is 15.7 Å². The number of benzene rings is 1. The predicted octanol–water partition coefficient (Wildman–Crippen LogP) is 1.68. The number of rotatable bonds is 5. The molecular formula is C15H25N3O2S. The molecule has 0 saturated heterocycles. The van der Waals surface area contributed by atoms with Crippen molar-refractivity contribution in [2.24, 2.45) is 0 Å². The highest BCUT2D eigenvalue weighted by Crippen LogP contribution is 2.37. The lowest BCUT2D eigenvalue weighted by molar-refractivity contribution is 0.0455. The molecule has 1 saturated carbocycles. The van der Waals surface area contributed by atoms with Gasteiger partial charge in [0.1, 0.15) is 0 Å². The molecule has 0 radical (unpaired) electrons. The zero-order valence-electron chi connectivity index (χ0n) is 13.3. The lowest BCUT2D eigenvalue weighted by Gasteiger charge is -2.48. The second-order valence-electron chi connectivity index (χ2n) is 6.25. The largest absolute Gasteiger partial charge is 0.398 e. The number of nitrogens with zero attached hydrogens (tertiary/aromatic N) is 2. The molecule has 0 aromatic heterocycles. The number of anilines is 1. The molecule has 0 bridgehead atoms. The molecule has 1 aromatic rings. The molecule has 118 valence electrons. The Morgan fingerprint density at radius 2 is 1.86 bits per heavy atom. The SMILES string of the molecule is Cc1ccc(S(=O)(=O)N(C)CC2(N(C)C)CCC2)cc1N. The number of hydrogen-bond acceptors (Lipinski definition) is 4. The summed E-state index contributed by atoms with van der Waals surface area (Å²) in [6.07, 6.45) is 3.23. The summed E-state index contributed by atoms with van der Waals surface area (Å²) in [5, 5.41) is 0. The molecule has 0 spiro atoms. The molecule has 2 rings (SSSR count). The van der Waals surface area contributed by atoms with E-state index in [0.717, 1.165) is 24.8 Å². The first-order valence-electron chi connectivity index (χ1n) is 7.19. The second-order valence-corrected chi connectivity index (χ2v) is 8.30. The maximum atomic E-state index is 12.7. The van der Waals surface area contributed by atoms with E-state index in [1.54, 1.807) is 25.2 Å². The van der Waals surface area contributed by atoms with E-state index in [2.05, 4.69) is 4.90 Å². The van der Waals surface area contributed by atoms with Gasteiger partial charge in [-0.05, 0) is 58.0 Å². The minimum absolute atomic E-state index is 0.0297. The van der Waals surface area contributed by atoms with Gasteiger partial charge < -0.3 is 10.6 Å². The maximum Gasteiger partial charge on any atom is 0.242 e. The lowest BCUT2D eigenvalue weighted by atomic mass is 9.75. The van der Waals surface area contributed by atoms with Crippen LogP contribution in [0.3, 0.4) is 0 Å². The Balaban J connectivity index is 2.24. The van der Waals surface area contributed by atoms with E-state index in [0.29, 0.717) is 12.2 Å². The van der Waals surface area contributed by atoms with Crippen molar-refractivity contribution in [3.05, 3.63) is 23.8 Å². The van der Waals surface area contributed by atoms with Crippen molar-refractivity contribution in [1.29, 1.82) is 0 Å². The smallest absolute Gasteiger partial charge is 0.242 e. The van der Waals surface area contributed by atoms with Crippen molar-refractivity contribution < 1.29 is 8.42 Å². The fraction of sp³-hybridized carbons (Fsp3) is 0.600. The topological polar surface area (TPSA) is 66.6 Å². The molecule has 0 atom stereocenters. The van der Waals surface area contributed by atoms with Crippen LogP contribution in [-0.4, -0.2) is 50.8 Å². The van der Waals surface area contributed by atoms with E-state index in [4.69, 9.17) is 5.73 Å². The van der Waals surface area contributed by atoms with Crippen LogP contribution in [0.25, 0.3) is 0 Å². The molecule has 1 aliphatic carbocycles. The Kier molecular flexibility index (Phi) is 4.33. The van der Waals surface area contributed by atoms with Gasteiger partial charge in [-0.2, -0.15) is 4.31 Å². The van der Waals surface area contributed by atoms with Gasteiger partial charge in [-0.15, -0.1) is 0 Å².